The first kappa shape index (κ1) is 29.0. The molecule has 236 valence electrons. The minimum absolute atomic E-state index is 0.00448. The lowest BCUT2D eigenvalue weighted by Gasteiger charge is -2.37. The van der Waals surface area contributed by atoms with Gasteiger partial charge in [0, 0.05) is 42.8 Å². The molecule has 4 aliphatic heterocycles. The molecule has 2 aromatic heterocycles. The molecule has 9 nitrogen and oxygen atoms in total. The Bertz CT molecular complexity index is 1890. The van der Waals surface area contributed by atoms with Crippen molar-refractivity contribution in [2.24, 2.45) is 0 Å². The molecular weight excluding hydrogens is 598 g/mol. The zero-order valence-corrected chi connectivity index (χ0v) is 25.9. The maximum atomic E-state index is 16.7. The third-order valence-corrected chi connectivity index (χ3v) is 12.3. The van der Waals surface area contributed by atoms with Gasteiger partial charge >= 0.3 is 6.01 Å². The van der Waals surface area contributed by atoms with Crippen LogP contribution < -0.4 is 9.64 Å². The highest BCUT2D eigenvalue weighted by Crippen LogP contribution is 2.40. The van der Waals surface area contributed by atoms with E-state index in [4.69, 9.17) is 9.72 Å². The second-order valence-electron chi connectivity index (χ2n) is 12.9. The van der Waals surface area contributed by atoms with Crippen molar-refractivity contribution in [3.05, 3.63) is 54.2 Å². The first-order chi connectivity index (χ1) is 21.8. The molecule has 0 bridgehead atoms. The van der Waals surface area contributed by atoms with Crippen molar-refractivity contribution in [1.82, 2.24) is 24.2 Å². The first-order valence-corrected chi connectivity index (χ1v) is 17.6. The van der Waals surface area contributed by atoms with Gasteiger partial charge in [0.1, 0.15) is 29.5 Å². The van der Waals surface area contributed by atoms with Gasteiger partial charge in [0.15, 0.2) is 5.82 Å². The van der Waals surface area contributed by atoms with E-state index < -0.39 is 21.7 Å². The maximum absolute atomic E-state index is 16.7. The third-order valence-electron chi connectivity index (χ3n) is 10.3. The molecule has 4 saturated heterocycles. The fourth-order valence-corrected chi connectivity index (χ4v) is 9.88. The van der Waals surface area contributed by atoms with Gasteiger partial charge in [-0.25, -0.2) is 17.2 Å². The Kier molecular flexibility index (Phi) is 7.14. The lowest BCUT2D eigenvalue weighted by Crippen LogP contribution is -2.49. The zero-order chi connectivity index (χ0) is 30.8. The molecule has 12 heteroatoms. The van der Waals surface area contributed by atoms with Gasteiger partial charge in [-0.1, -0.05) is 30.3 Å². The van der Waals surface area contributed by atoms with Crippen molar-refractivity contribution in [2.75, 3.05) is 50.0 Å². The number of halogens is 2. The molecule has 0 aliphatic carbocycles. The summed E-state index contributed by atoms with van der Waals surface area (Å²) in [5, 5.41) is 1.36. The van der Waals surface area contributed by atoms with E-state index >= 15 is 8.78 Å². The van der Waals surface area contributed by atoms with E-state index in [0.29, 0.717) is 60.2 Å². The van der Waals surface area contributed by atoms with Gasteiger partial charge in [0.05, 0.1) is 16.7 Å². The number of piperidine rings is 1. The van der Waals surface area contributed by atoms with Crippen LogP contribution >= 0.6 is 0 Å². The lowest BCUT2D eigenvalue weighted by molar-refractivity contribution is 0.108. The van der Waals surface area contributed by atoms with Gasteiger partial charge in [-0.15, -0.1) is 0 Å². The molecule has 8 rings (SSSR count). The van der Waals surface area contributed by atoms with Gasteiger partial charge in [-0.2, -0.15) is 14.3 Å². The van der Waals surface area contributed by atoms with E-state index in [1.165, 1.54) is 6.07 Å². The minimum Gasteiger partial charge on any atom is -0.461 e. The number of pyridine rings is 1. The van der Waals surface area contributed by atoms with Crippen LogP contribution in [0, 0.1) is 11.6 Å². The van der Waals surface area contributed by atoms with Crippen LogP contribution in [0.15, 0.2) is 42.6 Å². The van der Waals surface area contributed by atoms with Crippen molar-refractivity contribution in [3.8, 4) is 17.3 Å². The monoisotopic (exact) mass is 634 g/mol. The minimum atomic E-state index is -3.29. The second kappa shape index (κ2) is 11.1. The fourth-order valence-electron chi connectivity index (χ4n) is 8.12. The Morgan fingerprint density at radius 2 is 1.76 bits per heavy atom. The van der Waals surface area contributed by atoms with Crippen LogP contribution in [0.1, 0.15) is 44.9 Å². The topological polar surface area (TPSA) is 91.8 Å². The van der Waals surface area contributed by atoms with E-state index in [2.05, 4.69) is 14.9 Å². The molecule has 4 aliphatic rings. The predicted octanol–water partition coefficient (Wildman–Crippen LogP) is 5.13. The van der Waals surface area contributed by atoms with Crippen LogP contribution in [0.3, 0.4) is 0 Å². The Hall–Kier alpha value is -3.48. The van der Waals surface area contributed by atoms with Crippen molar-refractivity contribution in [2.45, 2.75) is 56.5 Å². The molecule has 1 unspecified atom stereocenters. The standard InChI is InChI=1S/C33H36F2N6O3S/c34-26-11-2-8-22-7-1-10-24(27(22)26)29-28(35)30-25(19-36-29)31(39-14-3-9-23(20-39)41-17-6-18-45(41,42)43)38-32(37-30)44-21-33-12-4-15-40(33)16-5-13-33/h1-2,7-8,10-11,19,23H,3-6,9,12-18,20-21H2. The van der Waals surface area contributed by atoms with Gasteiger partial charge < -0.3 is 9.64 Å². The summed E-state index contributed by atoms with van der Waals surface area (Å²) >= 11 is 0. The normalized spacial score (nSPS) is 23.2. The number of ether oxygens (including phenoxy) is 1. The summed E-state index contributed by atoms with van der Waals surface area (Å²) in [5.74, 6) is -0.479. The van der Waals surface area contributed by atoms with Crippen molar-refractivity contribution in [1.29, 1.82) is 0 Å². The summed E-state index contributed by atoms with van der Waals surface area (Å²) in [6.45, 7) is 4.09. The number of rotatable bonds is 6. The largest absolute Gasteiger partial charge is 0.461 e. The number of sulfonamides is 1. The number of benzene rings is 2. The van der Waals surface area contributed by atoms with Crippen molar-refractivity contribution >= 4 is 37.5 Å². The molecule has 0 radical (unpaired) electrons. The van der Waals surface area contributed by atoms with Crippen LogP contribution in [0.4, 0.5) is 14.6 Å². The number of hydrogen-bond acceptors (Lipinski definition) is 8. The van der Waals surface area contributed by atoms with Crippen molar-refractivity contribution in [3.63, 3.8) is 0 Å². The average molecular weight is 635 g/mol. The van der Waals surface area contributed by atoms with E-state index in [1.807, 2.05) is 4.90 Å². The van der Waals surface area contributed by atoms with E-state index in [-0.39, 0.29) is 34.6 Å². The molecule has 2 aromatic carbocycles. The molecule has 0 amide bonds. The lowest BCUT2D eigenvalue weighted by atomic mass is 9.95. The summed E-state index contributed by atoms with van der Waals surface area (Å²) in [6.07, 6.45) is 8.01. The molecule has 4 aromatic rings. The molecule has 0 N–H and O–H groups in total. The Morgan fingerprint density at radius 3 is 2.53 bits per heavy atom. The summed E-state index contributed by atoms with van der Waals surface area (Å²) in [5.41, 5.74) is 0.346. The van der Waals surface area contributed by atoms with Crippen LogP contribution in [-0.4, -0.2) is 89.2 Å². The first-order valence-electron chi connectivity index (χ1n) is 16.0. The quantitative estimate of drug-likeness (QED) is 0.288. The third kappa shape index (κ3) is 4.92. The van der Waals surface area contributed by atoms with Gasteiger partial charge in [-0.05, 0) is 69.5 Å². The average Bonchev–Trinajstić information content (AvgIpc) is 3.73. The number of fused-ring (bicyclic) bond motifs is 3. The molecule has 0 spiro atoms. The van der Waals surface area contributed by atoms with Crippen LogP contribution in [-0.2, 0) is 10.0 Å². The van der Waals surface area contributed by atoms with Gasteiger partial charge in [0.25, 0.3) is 0 Å². The number of aromatic nitrogens is 3. The highest BCUT2D eigenvalue weighted by molar-refractivity contribution is 7.89. The Morgan fingerprint density at radius 1 is 0.956 bits per heavy atom. The Balaban J connectivity index is 1.23. The predicted molar refractivity (Wildman–Crippen MR) is 169 cm³/mol. The van der Waals surface area contributed by atoms with Crippen LogP contribution in [0.25, 0.3) is 32.9 Å². The highest BCUT2D eigenvalue weighted by Gasteiger charge is 2.45. The summed E-state index contributed by atoms with van der Waals surface area (Å²) < 4.78 is 65.3. The van der Waals surface area contributed by atoms with Crippen LogP contribution in [0.5, 0.6) is 6.01 Å². The molecule has 0 saturated carbocycles. The van der Waals surface area contributed by atoms with E-state index in [9.17, 15) is 8.42 Å². The smallest absolute Gasteiger partial charge is 0.319 e. The number of nitrogens with zero attached hydrogens (tertiary/aromatic N) is 6. The van der Waals surface area contributed by atoms with Crippen LogP contribution in [0.2, 0.25) is 0 Å². The molecule has 4 fully saturated rings. The summed E-state index contributed by atoms with van der Waals surface area (Å²) in [6, 6.07) is 9.88. The molecule has 45 heavy (non-hydrogen) atoms. The van der Waals surface area contributed by atoms with Gasteiger partial charge in [-0.3, -0.25) is 9.88 Å². The van der Waals surface area contributed by atoms with Crippen molar-refractivity contribution < 1.29 is 21.9 Å². The fraction of sp³-hybridized carbons (Fsp3) is 0.485. The SMILES string of the molecule is O=S1(=O)CCCN1C1CCCN(c2nc(OCC34CCCN3CCC4)nc3c(F)c(-c4cccc5cccc(F)c45)ncc23)C1. The summed E-state index contributed by atoms with van der Waals surface area (Å²) in [7, 11) is -3.29. The highest BCUT2D eigenvalue weighted by atomic mass is 32.2. The molecule has 1 atom stereocenters. The molecular formula is C33H36F2N6O3S. The molecule has 6 heterocycles. The maximum Gasteiger partial charge on any atom is 0.319 e. The second-order valence-corrected chi connectivity index (χ2v) is 14.9. The Labute approximate surface area is 261 Å². The van der Waals surface area contributed by atoms with E-state index in [0.717, 1.165) is 51.6 Å². The number of hydrogen-bond donors (Lipinski definition) is 0. The number of anilines is 1. The van der Waals surface area contributed by atoms with Gasteiger partial charge in [0.2, 0.25) is 10.0 Å². The zero-order valence-electron chi connectivity index (χ0n) is 25.1. The van der Waals surface area contributed by atoms with E-state index in [1.54, 1.807) is 40.8 Å². The summed E-state index contributed by atoms with van der Waals surface area (Å²) in [4.78, 5) is 18.5.